The van der Waals surface area contributed by atoms with E-state index in [0.717, 1.165) is 6.54 Å². The molecule has 0 aromatic rings. The number of rotatable bonds is 2. The van der Waals surface area contributed by atoms with E-state index in [-0.39, 0.29) is 6.04 Å². The first-order chi connectivity index (χ1) is 5.54. The Morgan fingerprint density at radius 3 is 2.58 bits per heavy atom. The predicted molar refractivity (Wildman–Crippen MR) is 45.4 cm³/mol. The van der Waals surface area contributed by atoms with E-state index in [0.29, 0.717) is 6.42 Å². The molecule has 1 fully saturated rings. The maximum atomic E-state index is 10.9. The Morgan fingerprint density at radius 1 is 1.67 bits per heavy atom. The van der Waals surface area contributed by atoms with Crippen molar-refractivity contribution in [1.82, 2.24) is 4.90 Å². The summed E-state index contributed by atoms with van der Waals surface area (Å²) in [6, 6.07) is -0.218. The molecular weight excluding hydrogens is 156 g/mol. The summed E-state index contributed by atoms with van der Waals surface area (Å²) in [5.74, 6) is -0.422. The summed E-state index contributed by atoms with van der Waals surface area (Å²) in [6.45, 7) is 4.74. The summed E-state index contributed by atoms with van der Waals surface area (Å²) in [6.07, 6.45) is 0.0658. The Kier molecular flexibility index (Phi) is 2.69. The zero-order chi connectivity index (χ0) is 9.30. The number of carbonyl (C=O) groups excluding carboxylic acids is 1. The highest BCUT2D eigenvalue weighted by molar-refractivity contribution is 5.81. The van der Waals surface area contributed by atoms with Crippen LogP contribution in [0.15, 0.2) is 0 Å². The van der Waals surface area contributed by atoms with Crippen molar-refractivity contribution >= 4 is 5.91 Å². The lowest BCUT2D eigenvalue weighted by molar-refractivity contribution is -0.125. The molecule has 2 atom stereocenters. The molecule has 0 unspecified atom stereocenters. The van der Waals surface area contributed by atoms with Crippen molar-refractivity contribution in [2.75, 3.05) is 6.54 Å². The number of amides is 1. The molecule has 4 nitrogen and oxygen atoms in total. The van der Waals surface area contributed by atoms with Crippen LogP contribution in [0.3, 0.4) is 0 Å². The fourth-order valence-corrected chi connectivity index (χ4v) is 1.73. The molecule has 0 spiro atoms. The summed E-state index contributed by atoms with van der Waals surface area (Å²) < 4.78 is 0. The first-order valence-corrected chi connectivity index (χ1v) is 4.27. The van der Waals surface area contributed by atoms with Gasteiger partial charge in [-0.15, -0.1) is 0 Å². The van der Waals surface area contributed by atoms with Crippen LogP contribution in [0, 0.1) is 0 Å². The fraction of sp³-hybridized carbons (Fsp3) is 0.875. The normalized spacial score (nSPS) is 31.3. The summed E-state index contributed by atoms with van der Waals surface area (Å²) in [5, 5.41) is 9.44. The Hall–Kier alpha value is -0.610. The standard InChI is InChI=1S/C8H16N2O2/c1-5(2)10-4-3-6(11)7(10)8(9)12/h5-7,11H,3-4H2,1-2H3,(H2,9,12)/t6-,7+/m1/s1. The van der Waals surface area contributed by atoms with Crippen LogP contribution in [0.5, 0.6) is 0 Å². The zero-order valence-corrected chi connectivity index (χ0v) is 7.53. The van der Waals surface area contributed by atoms with Crippen LogP contribution in [0.1, 0.15) is 20.3 Å². The monoisotopic (exact) mass is 172 g/mol. The van der Waals surface area contributed by atoms with E-state index < -0.39 is 18.1 Å². The highest BCUT2D eigenvalue weighted by Gasteiger charge is 2.37. The van der Waals surface area contributed by atoms with Crippen LogP contribution >= 0.6 is 0 Å². The third-order valence-electron chi connectivity index (χ3n) is 2.36. The van der Waals surface area contributed by atoms with Gasteiger partial charge in [0.25, 0.3) is 0 Å². The largest absolute Gasteiger partial charge is 0.391 e. The van der Waals surface area contributed by atoms with E-state index in [1.165, 1.54) is 0 Å². The van der Waals surface area contributed by atoms with Crippen molar-refractivity contribution in [2.45, 2.75) is 38.5 Å². The van der Waals surface area contributed by atoms with Gasteiger partial charge in [0.1, 0.15) is 6.04 Å². The molecular formula is C8H16N2O2. The van der Waals surface area contributed by atoms with Crippen LogP contribution in [0.4, 0.5) is 0 Å². The van der Waals surface area contributed by atoms with Gasteiger partial charge in [0.05, 0.1) is 6.10 Å². The molecule has 0 radical (unpaired) electrons. The minimum Gasteiger partial charge on any atom is -0.391 e. The lowest BCUT2D eigenvalue weighted by Gasteiger charge is -2.26. The van der Waals surface area contributed by atoms with E-state index in [9.17, 15) is 9.90 Å². The Balaban J connectivity index is 2.70. The molecule has 1 rings (SSSR count). The molecule has 1 saturated heterocycles. The number of primary amides is 1. The molecule has 0 aromatic heterocycles. The van der Waals surface area contributed by atoms with Gasteiger partial charge in [0, 0.05) is 12.6 Å². The molecule has 1 aliphatic rings. The van der Waals surface area contributed by atoms with Crippen LogP contribution in [0.25, 0.3) is 0 Å². The third kappa shape index (κ3) is 1.59. The van der Waals surface area contributed by atoms with Gasteiger partial charge in [-0.1, -0.05) is 0 Å². The van der Waals surface area contributed by atoms with Gasteiger partial charge in [0.15, 0.2) is 0 Å². The van der Waals surface area contributed by atoms with E-state index in [2.05, 4.69) is 0 Å². The molecule has 70 valence electrons. The highest BCUT2D eigenvalue weighted by Crippen LogP contribution is 2.19. The van der Waals surface area contributed by atoms with Gasteiger partial charge >= 0.3 is 0 Å². The lowest BCUT2D eigenvalue weighted by Crippen LogP contribution is -2.48. The number of likely N-dealkylation sites (tertiary alicyclic amines) is 1. The van der Waals surface area contributed by atoms with Gasteiger partial charge in [-0.3, -0.25) is 9.69 Å². The number of nitrogens with two attached hydrogens (primary N) is 1. The van der Waals surface area contributed by atoms with Crippen molar-refractivity contribution in [1.29, 1.82) is 0 Å². The molecule has 1 heterocycles. The second-order valence-electron chi connectivity index (χ2n) is 3.53. The molecule has 4 heteroatoms. The van der Waals surface area contributed by atoms with E-state index >= 15 is 0 Å². The molecule has 0 aromatic carbocycles. The minimum atomic E-state index is -0.579. The first-order valence-electron chi connectivity index (χ1n) is 4.27. The molecule has 12 heavy (non-hydrogen) atoms. The van der Waals surface area contributed by atoms with Crippen LogP contribution in [-0.4, -0.2) is 40.6 Å². The van der Waals surface area contributed by atoms with Gasteiger partial charge in [-0.2, -0.15) is 0 Å². The summed E-state index contributed by atoms with van der Waals surface area (Å²) in [4.78, 5) is 12.9. The maximum absolute atomic E-state index is 10.9. The lowest BCUT2D eigenvalue weighted by atomic mass is 10.1. The maximum Gasteiger partial charge on any atom is 0.237 e. The van der Waals surface area contributed by atoms with Gasteiger partial charge in [0.2, 0.25) is 5.91 Å². The molecule has 1 amide bonds. The summed E-state index contributed by atoms with van der Waals surface area (Å²) in [7, 11) is 0. The number of aliphatic hydroxyl groups is 1. The number of aliphatic hydroxyl groups excluding tert-OH is 1. The molecule has 0 aliphatic carbocycles. The van der Waals surface area contributed by atoms with Crippen LogP contribution < -0.4 is 5.73 Å². The Labute approximate surface area is 72.3 Å². The molecule has 0 saturated carbocycles. The number of nitrogens with zero attached hydrogens (tertiary/aromatic N) is 1. The van der Waals surface area contributed by atoms with Crippen molar-refractivity contribution in [3.63, 3.8) is 0 Å². The van der Waals surface area contributed by atoms with Crippen molar-refractivity contribution in [3.05, 3.63) is 0 Å². The average molecular weight is 172 g/mol. The second-order valence-corrected chi connectivity index (χ2v) is 3.53. The third-order valence-corrected chi connectivity index (χ3v) is 2.36. The smallest absolute Gasteiger partial charge is 0.237 e. The first kappa shape index (κ1) is 9.48. The Bertz CT molecular complexity index is 182. The molecule has 1 aliphatic heterocycles. The Morgan fingerprint density at radius 2 is 2.25 bits per heavy atom. The number of hydrogen-bond donors (Lipinski definition) is 2. The number of hydrogen-bond acceptors (Lipinski definition) is 3. The molecule has 0 bridgehead atoms. The second kappa shape index (κ2) is 3.41. The average Bonchev–Trinajstić information content (AvgIpc) is 2.30. The van der Waals surface area contributed by atoms with Gasteiger partial charge in [-0.25, -0.2) is 0 Å². The number of carbonyl (C=O) groups is 1. The van der Waals surface area contributed by atoms with E-state index in [4.69, 9.17) is 5.73 Å². The van der Waals surface area contributed by atoms with E-state index in [1.807, 2.05) is 18.7 Å². The van der Waals surface area contributed by atoms with E-state index in [1.54, 1.807) is 0 Å². The van der Waals surface area contributed by atoms with Crippen molar-refractivity contribution < 1.29 is 9.90 Å². The quantitative estimate of drug-likeness (QED) is 0.579. The SMILES string of the molecule is CC(C)N1CC[C@@H](O)[C@H]1C(N)=O. The summed E-state index contributed by atoms with van der Waals surface area (Å²) in [5.41, 5.74) is 5.18. The van der Waals surface area contributed by atoms with Gasteiger partial charge < -0.3 is 10.8 Å². The van der Waals surface area contributed by atoms with Gasteiger partial charge in [-0.05, 0) is 20.3 Å². The van der Waals surface area contributed by atoms with Crippen LogP contribution in [0.2, 0.25) is 0 Å². The zero-order valence-electron chi connectivity index (χ0n) is 7.53. The highest BCUT2D eigenvalue weighted by atomic mass is 16.3. The van der Waals surface area contributed by atoms with Crippen LogP contribution in [-0.2, 0) is 4.79 Å². The predicted octanol–water partition coefficient (Wildman–Crippen LogP) is -0.685. The topological polar surface area (TPSA) is 66.6 Å². The van der Waals surface area contributed by atoms with Crippen molar-refractivity contribution in [3.8, 4) is 0 Å². The minimum absolute atomic E-state index is 0.264. The van der Waals surface area contributed by atoms with Crippen molar-refractivity contribution in [2.24, 2.45) is 5.73 Å². The fourth-order valence-electron chi connectivity index (χ4n) is 1.73. The molecule has 3 N–H and O–H groups in total. The summed E-state index contributed by atoms with van der Waals surface area (Å²) >= 11 is 0.